The Hall–Kier alpha value is -5.22. The molecule has 2 aromatic heterocycles. The maximum atomic E-state index is 4.85. The Morgan fingerprint density at radius 1 is 0.421 bits per heavy atom. The number of nitrogens with zero attached hydrogens (tertiary/aromatic N) is 4. The Labute approximate surface area is 219 Å². The molecule has 8 rings (SSSR count). The molecule has 178 valence electrons. The molecule has 0 aliphatic carbocycles. The predicted octanol–water partition coefficient (Wildman–Crippen LogP) is 8.34. The minimum absolute atomic E-state index is 0.765. The number of rotatable bonds is 3. The van der Waals surface area contributed by atoms with Crippen molar-refractivity contribution in [2.45, 2.75) is 0 Å². The van der Waals surface area contributed by atoms with Gasteiger partial charge in [0.05, 0.1) is 16.7 Å². The monoisotopic (exact) mass is 486 g/mol. The van der Waals surface area contributed by atoms with Crippen molar-refractivity contribution in [1.29, 1.82) is 0 Å². The lowest BCUT2D eigenvalue weighted by Gasteiger charge is -2.14. The first-order valence-corrected chi connectivity index (χ1v) is 12.8. The van der Waals surface area contributed by atoms with E-state index in [9.17, 15) is 0 Å². The average molecular weight is 487 g/mol. The summed E-state index contributed by atoms with van der Waals surface area (Å²) in [4.78, 5) is 0. The van der Waals surface area contributed by atoms with Gasteiger partial charge in [-0.05, 0) is 51.9 Å². The molecule has 8 aromatic rings. The molecule has 6 aromatic carbocycles. The van der Waals surface area contributed by atoms with E-state index in [4.69, 9.17) is 10.2 Å². The minimum atomic E-state index is 0.765. The summed E-state index contributed by atoms with van der Waals surface area (Å²) in [6, 6.07) is 46.9. The van der Waals surface area contributed by atoms with Gasteiger partial charge in [-0.15, -0.1) is 10.2 Å². The highest BCUT2D eigenvalue weighted by Crippen LogP contribution is 2.35. The van der Waals surface area contributed by atoms with E-state index in [-0.39, 0.29) is 0 Å². The van der Waals surface area contributed by atoms with E-state index in [0.717, 1.165) is 34.1 Å². The molecule has 0 atom stereocenters. The highest BCUT2D eigenvalue weighted by atomic mass is 15.4. The summed E-state index contributed by atoms with van der Waals surface area (Å²) in [6.45, 7) is 0. The van der Waals surface area contributed by atoms with Crippen molar-refractivity contribution in [1.82, 2.24) is 19.3 Å². The maximum Gasteiger partial charge on any atom is 0.241 e. The van der Waals surface area contributed by atoms with Crippen LogP contribution in [-0.2, 0) is 0 Å². The Balaban J connectivity index is 1.47. The summed E-state index contributed by atoms with van der Waals surface area (Å²) in [6.07, 6.45) is 0. The van der Waals surface area contributed by atoms with Gasteiger partial charge in [-0.25, -0.2) is 0 Å². The molecule has 0 radical (unpaired) electrons. The molecule has 2 heterocycles. The first kappa shape index (κ1) is 20.9. The van der Waals surface area contributed by atoms with Gasteiger partial charge in [-0.2, -0.15) is 0 Å². The number of hydrogen-bond acceptors (Lipinski definition) is 2. The van der Waals surface area contributed by atoms with Crippen molar-refractivity contribution in [3.05, 3.63) is 133 Å². The lowest BCUT2D eigenvalue weighted by molar-refractivity contribution is 0.934. The van der Waals surface area contributed by atoms with Crippen LogP contribution < -0.4 is 0 Å². The molecule has 0 bridgehead atoms. The van der Waals surface area contributed by atoms with Gasteiger partial charge in [0.25, 0.3) is 0 Å². The second kappa shape index (κ2) is 8.15. The third-order valence-corrected chi connectivity index (χ3v) is 7.42. The number of fused-ring (bicyclic) bond motifs is 5. The molecule has 0 amide bonds. The molecule has 0 spiro atoms. The second-order valence-corrected chi connectivity index (χ2v) is 9.62. The minimum Gasteiger partial charge on any atom is -0.278 e. The number of para-hydroxylation sites is 2. The number of hydrogen-bond donors (Lipinski definition) is 0. The lowest BCUT2D eigenvalue weighted by Crippen LogP contribution is -2.06. The molecule has 0 unspecified atom stereocenters. The van der Waals surface area contributed by atoms with Crippen molar-refractivity contribution in [2.75, 3.05) is 0 Å². The predicted molar refractivity (Wildman–Crippen MR) is 156 cm³/mol. The van der Waals surface area contributed by atoms with Crippen molar-refractivity contribution in [2.24, 2.45) is 0 Å². The Bertz CT molecular complexity index is 2090. The fraction of sp³-hybridized carbons (Fsp3) is 0. The topological polar surface area (TPSA) is 35.6 Å². The van der Waals surface area contributed by atoms with E-state index in [0.29, 0.717) is 0 Å². The van der Waals surface area contributed by atoms with Gasteiger partial charge in [-0.3, -0.25) is 9.13 Å². The molecular formula is C34H22N4. The van der Waals surface area contributed by atoms with Crippen LogP contribution >= 0.6 is 0 Å². The molecular weight excluding hydrogens is 464 g/mol. The molecule has 4 heteroatoms. The zero-order valence-electron chi connectivity index (χ0n) is 20.5. The van der Waals surface area contributed by atoms with Gasteiger partial charge in [0.15, 0.2) is 5.82 Å². The van der Waals surface area contributed by atoms with Gasteiger partial charge in [0, 0.05) is 16.3 Å². The van der Waals surface area contributed by atoms with Gasteiger partial charge in [0.2, 0.25) is 5.95 Å². The smallest absolute Gasteiger partial charge is 0.241 e. The Morgan fingerprint density at radius 2 is 0.974 bits per heavy atom. The molecule has 4 nitrogen and oxygen atoms in total. The number of aromatic nitrogens is 4. The molecule has 0 saturated carbocycles. The van der Waals surface area contributed by atoms with E-state index in [1.54, 1.807) is 0 Å². The van der Waals surface area contributed by atoms with Crippen LogP contribution in [-0.4, -0.2) is 19.3 Å². The van der Waals surface area contributed by atoms with E-state index >= 15 is 0 Å². The van der Waals surface area contributed by atoms with E-state index < -0.39 is 0 Å². The van der Waals surface area contributed by atoms with Crippen LogP contribution in [0, 0.1) is 0 Å². The maximum absolute atomic E-state index is 4.85. The highest BCUT2D eigenvalue weighted by Gasteiger charge is 2.21. The van der Waals surface area contributed by atoms with Crippen molar-refractivity contribution in [3.63, 3.8) is 0 Å². The summed E-state index contributed by atoms with van der Waals surface area (Å²) in [5.41, 5.74) is 4.26. The molecule has 0 aliphatic heterocycles. The first-order valence-electron chi connectivity index (χ1n) is 12.8. The zero-order chi connectivity index (χ0) is 25.1. The highest BCUT2D eigenvalue weighted by molar-refractivity contribution is 6.09. The van der Waals surface area contributed by atoms with Crippen LogP contribution in [0.15, 0.2) is 133 Å². The fourth-order valence-corrected chi connectivity index (χ4v) is 5.63. The van der Waals surface area contributed by atoms with Crippen LogP contribution in [0.3, 0.4) is 0 Å². The van der Waals surface area contributed by atoms with Gasteiger partial charge in [-0.1, -0.05) is 103 Å². The van der Waals surface area contributed by atoms with E-state index in [2.05, 4.69) is 143 Å². The standard InChI is InChI=1S/C34H22N4/c1-3-11-25-21-27(18-17-23(25)9-1)33-35-36-34(37(33)28-20-19-24-10-2-4-12-26(24)22-28)38-31-15-7-5-13-29(31)30-14-6-8-16-32(30)38/h1-22H. The normalized spacial score (nSPS) is 11.7. The quantitative estimate of drug-likeness (QED) is 0.252. The third-order valence-electron chi connectivity index (χ3n) is 7.42. The van der Waals surface area contributed by atoms with Crippen LogP contribution in [0.5, 0.6) is 0 Å². The second-order valence-electron chi connectivity index (χ2n) is 9.62. The van der Waals surface area contributed by atoms with Crippen LogP contribution in [0.2, 0.25) is 0 Å². The average Bonchev–Trinajstić information content (AvgIpc) is 3.56. The molecule has 0 fully saturated rings. The largest absolute Gasteiger partial charge is 0.278 e. The van der Waals surface area contributed by atoms with Crippen LogP contribution in [0.4, 0.5) is 0 Å². The molecule has 0 saturated heterocycles. The summed E-state index contributed by atoms with van der Waals surface area (Å²) in [5, 5.41) is 16.8. The third kappa shape index (κ3) is 3.10. The zero-order valence-corrected chi connectivity index (χ0v) is 20.5. The lowest BCUT2D eigenvalue weighted by atomic mass is 10.1. The van der Waals surface area contributed by atoms with Crippen molar-refractivity contribution in [3.8, 4) is 23.0 Å². The van der Waals surface area contributed by atoms with Crippen LogP contribution in [0.1, 0.15) is 0 Å². The van der Waals surface area contributed by atoms with Gasteiger partial charge in [0.1, 0.15) is 0 Å². The molecule has 0 N–H and O–H groups in total. The van der Waals surface area contributed by atoms with Crippen molar-refractivity contribution < 1.29 is 0 Å². The SMILES string of the molecule is c1ccc2cc(-c3nnc(-n4c5ccccc5c5ccccc54)n3-c3ccc4ccccc4c3)ccc2c1. The summed E-state index contributed by atoms with van der Waals surface area (Å²) >= 11 is 0. The molecule has 0 aliphatic rings. The van der Waals surface area contributed by atoms with Crippen molar-refractivity contribution >= 4 is 43.4 Å². The van der Waals surface area contributed by atoms with E-state index in [1.165, 1.54) is 32.3 Å². The van der Waals surface area contributed by atoms with Gasteiger partial charge >= 0.3 is 0 Å². The Kier molecular flexibility index (Phi) is 4.49. The summed E-state index contributed by atoms with van der Waals surface area (Å²) in [5.74, 6) is 1.57. The summed E-state index contributed by atoms with van der Waals surface area (Å²) in [7, 11) is 0. The molecule has 38 heavy (non-hydrogen) atoms. The first-order chi connectivity index (χ1) is 18.8. The van der Waals surface area contributed by atoms with Crippen LogP contribution in [0.25, 0.3) is 66.4 Å². The summed E-state index contributed by atoms with van der Waals surface area (Å²) < 4.78 is 4.42. The Morgan fingerprint density at radius 3 is 1.66 bits per heavy atom. The van der Waals surface area contributed by atoms with E-state index in [1.807, 2.05) is 0 Å². The number of benzene rings is 6. The van der Waals surface area contributed by atoms with Gasteiger partial charge < -0.3 is 0 Å². The fourth-order valence-electron chi connectivity index (χ4n) is 5.63.